The molecule has 1 N–H and O–H groups in total. The highest BCUT2D eigenvalue weighted by atomic mass is 35.5. The van der Waals surface area contributed by atoms with Gasteiger partial charge in [0.05, 0.1) is 30.3 Å². The molecule has 0 aliphatic carbocycles. The number of imidazole rings is 1. The number of hydrogen-bond donors (Lipinski definition) is 1. The van der Waals surface area contributed by atoms with Crippen molar-refractivity contribution in [3.8, 4) is 5.75 Å². The summed E-state index contributed by atoms with van der Waals surface area (Å²) in [6.45, 7) is 0.642. The third-order valence-corrected chi connectivity index (χ3v) is 3.85. The topological polar surface area (TPSA) is 73.3 Å². The van der Waals surface area contributed by atoms with Gasteiger partial charge in [-0.1, -0.05) is 11.6 Å². The zero-order valence-corrected chi connectivity index (χ0v) is 13.7. The SMILES string of the molecule is COC(=O)c1ccc2[nH]c(=O)n(CCOc3ccc(Cl)cc3)c2c1. The van der Waals surface area contributed by atoms with E-state index in [-0.39, 0.29) is 5.69 Å². The minimum absolute atomic E-state index is 0.258. The summed E-state index contributed by atoms with van der Waals surface area (Å²) in [5, 5.41) is 0.630. The van der Waals surface area contributed by atoms with Gasteiger partial charge in [0.25, 0.3) is 0 Å². The van der Waals surface area contributed by atoms with E-state index in [0.29, 0.717) is 40.5 Å². The van der Waals surface area contributed by atoms with Gasteiger partial charge in [0, 0.05) is 5.02 Å². The van der Waals surface area contributed by atoms with Crippen LogP contribution >= 0.6 is 11.6 Å². The monoisotopic (exact) mass is 346 g/mol. The van der Waals surface area contributed by atoms with Gasteiger partial charge in [0.2, 0.25) is 0 Å². The fourth-order valence-corrected chi connectivity index (χ4v) is 2.53. The van der Waals surface area contributed by atoms with Gasteiger partial charge in [0.1, 0.15) is 12.4 Å². The summed E-state index contributed by atoms with van der Waals surface area (Å²) < 4.78 is 11.8. The maximum atomic E-state index is 12.1. The first-order chi connectivity index (χ1) is 11.6. The van der Waals surface area contributed by atoms with Crippen molar-refractivity contribution in [1.29, 1.82) is 0 Å². The minimum Gasteiger partial charge on any atom is -0.492 e. The molecule has 3 aromatic rings. The Hall–Kier alpha value is -2.73. The third-order valence-electron chi connectivity index (χ3n) is 3.59. The molecule has 0 saturated heterocycles. The molecule has 6 nitrogen and oxygen atoms in total. The van der Waals surface area contributed by atoms with Crippen LogP contribution in [-0.4, -0.2) is 29.2 Å². The van der Waals surface area contributed by atoms with Gasteiger partial charge in [-0.3, -0.25) is 4.57 Å². The van der Waals surface area contributed by atoms with Crippen molar-refractivity contribution in [3.63, 3.8) is 0 Å². The number of nitrogens with one attached hydrogen (secondary N) is 1. The number of nitrogens with zero attached hydrogens (tertiary/aromatic N) is 1. The van der Waals surface area contributed by atoms with E-state index in [0.717, 1.165) is 0 Å². The van der Waals surface area contributed by atoms with Crippen LogP contribution in [0.5, 0.6) is 5.75 Å². The van der Waals surface area contributed by atoms with E-state index < -0.39 is 5.97 Å². The number of rotatable bonds is 5. The molecule has 0 unspecified atom stereocenters. The Kier molecular flexibility index (Phi) is 4.57. The molecule has 0 bridgehead atoms. The highest BCUT2D eigenvalue weighted by Crippen LogP contribution is 2.16. The number of aromatic nitrogens is 2. The highest BCUT2D eigenvalue weighted by Gasteiger charge is 2.11. The first kappa shape index (κ1) is 16.1. The van der Waals surface area contributed by atoms with E-state index in [1.807, 2.05) is 0 Å². The van der Waals surface area contributed by atoms with Crippen LogP contribution in [-0.2, 0) is 11.3 Å². The number of aromatic amines is 1. The van der Waals surface area contributed by atoms with Gasteiger partial charge in [-0.25, -0.2) is 9.59 Å². The molecule has 1 heterocycles. The van der Waals surface area contributed by atoms with E-state index in [2.05, 4.69) is 4.98 Å². The van der Waals surface area contributed by atoms with E-state index in [1.54, 1.807) is 42.5 Å². The molecule has 0 aliphatic rings. The quantitative estimate of drug-likeness (QED) is 0.721. The second-order valence-electron chi connectivity index (χ2n) is 5.11. The number of carbonyl (C=O) groups is 1. The molecular weight excluding hydrogens is 332 g/mol. The first-order valence-electron chi connectivity index (χ1n) is 7.28. The van der Waals surface area contributed by atoms with Crippen LogP contribution in [0.4, 0.5) is 0 Å². The summed E-state index contributed by atoms with van der Waals surface area (Å²) in [6, 6.07) is 11.9. The lowest BCUT2D eigenvalue weighted by Crippen LogP contribution is -2.20. The van der Waals surface area contributed by atoms with Crippen LogP contribution in [0.25, 0.3) is 11.0 Å². The maximum Gasteiger partial charge on any atom is 0.337 e. The lowest BCUT2D eigenvalue weighted by molar-refractivity contribution is 0.0601. The summed E-state index contributed by atoms with van der Waals surface area (Å²) >= 11 is 5.82. The van der Waals surface area contributed by atoms with Crippen molar-refractivity contribution in [1.82, 2.24) is 9.55 Å². The molecule has 24 heavy (non-hydrogen) atoms. The Balaban J connectivity index is 1.80. The van der Waals surface area contributed by atoms with Gasteiger partial charge in [-0.05, 0) is 42.5 Å². The van der Waals surface area contributed by atoms with Crippen LogP contribution in [0.15, 0.2) is 47.3 Å². The Morgan fingerprint density at radius 3 is 2.67 bits per heavy atom. The molecular formula is C17H15ClN2O4. The van der Waals surface area contributed by atoms with Crippen LogP contribution in [0.2, 0.25) is 5.02 Å². The zero-order chi connectivity index (χ0) is 17.1. The van der Waals surface area contributed by atoms with Gasteiger partial charge in [-0.15, -0.1) is 0 Å². The number of benzene rings is 2. The molecule has 0 fully saturated rings. The van der Waals surface area contributed by atoms with Crippen LogP contribution in [0.1, 0.15) is 10.4 Å². The lowest BCUT2D eigenvalue weighted by atomic mass is 10.2. The summed E-state index contributed by atoms with van der Waals surface area (Å²) in [6.07, 6.45) is 0. The van der Waals surface area contributed by atoms with E-state index in [1.165, 1.54) is 11.7 Å². The fraction of sp³-hybridized carbons (Fsp3) is 0.176. The fourth-order valence-electron chi connectivity index (χ4n) is 2.41. The molecule has 3 rings (SSSR count). The maximum absolute atomic E-state index is 12.1. The number of H-pyrrole nitrogens is 1. The van der Waals surface area contributed by atoms with Crippen LogP contribution in [0, 0.1) is 0 Å². The second kappa shape index (κ2) is 6.80. The Labute approximate surface area is 142 Å². The van der Waals surface area contributed by atoms with Crippen molar-refractivity contribution in [2.24, 2.45) is 0 Å². The van der Waals surface area contributed by atoms with E-state index in [4.69, 9.17) is 21.1 Å². The molecule has 1 aromatic heterocycles. The Bertz CT molecular complexity index is 928. The summed E-state index contributed by atoms with van der Waals surface area (Å²) in [4.78, 5) is 26.5. The van der Waals surface area contributed by atoms with Crippen LogP contribution in [0.3, 0.4) is 0 Å². The largest absolute Gasteiger partial charge is 0.492 e. The summed E-state index contributed by atoms with van der Waals surface area (Å²) in [7, 11) is 1.32. The second-order valence-corrected chi connectivity index (χ2v) is 5.54. The zero-order valence-electron chi connectivity index (χ0n) is 12.9. The van der Waals surface area contributed by atoms with E-state index >= 15 is 0 Å². The predicted molar refractivity (Wildman–Crippen MR) is 90.8 cm³/mol. The van der Waals surface area contributed by atoms with Crippen molar-refractivity contribution in [2.75, 3.05) is 13.7 Å². The van der Waals surface area contributed by atoms with Gasteiger partial charge >= 0.3 is 11.7 Å². The number of methoxy groups -OCH3 is 1. The lowest BCUT2D eigenvalue weighted by Gasteiger charge is -2.07. The molecule has 0 saturated carbocycles. The van der Waals surface area contributed by atoms with Crippen molar-refractivity contribution in [2.45, 2.75) is 6.54 Å². The molecule has 0 spiro atoms. The standard InChI is InChI=1S/C17H15ClN2O4/c1-23-16(21)11-2-7-14-15(10-11)20(17(22)19-14)8-9-24-13-5-3-12(18)4-6-13/h2-7,10H,8-9H2,1H3,(H,19,22). The number of esters is 1. The van der Waals surface area contributed by atoms with Crippen molar-refractivity contribution < 1.29 is 14.3 Å². The van der Waals surface area contributed by atoms with Crippen molar-refractivity contribution in [3.05, 3.63) is 63.5 Å². The summed E-state index contributed by atoms with van der Waals surface area (Å²) in [5.41, 5.74) is 1.41. The number of hydrogen-bond acceptors (Lipinski definition) is 4. The molecule has 0 amide bonds. The van der Waals surface area contributed by atoms with Gasteiger partial charge in [0.15, 0.2) is 0 Å². The predicted octanol–water partition coefficient (Wildman–Crippen LogP) is 2.85. The molecule has 0 atom stereocenters. The normalized spacial score (nSPS) is 10.8. The molecule has 2 aromatic carbocycles. The molecule has 0 radical (unpaired) electrons. The van der Waals surface area contributed by atoms with Crippen molar-refractivity contribution >= 4 is 28.6 Å². The number of carbonyl (C=O) groups excluding carboxylic acids is 1. The third kappa shape index (κ3) is 3.28. The van der Waals surface area contributed by atoms with E-state index in [9.17, 15) is 9.59 Å². The smallest absolute Gasteiger partial charge is 0.337 e. The molecule has 0 aliphatic heterocycles. The molecule has 7 heteroatoms. The average molecular weight is 347 g/mol. The van der Waals surface area contributed by atoms with Gasteiger partial charge < -0.3 is 14.5 Å². The van der Waals surface area contributed by atoms with Gasteiger partial charge in [-0.2, -0.15) is 0 Å². The first-order valence-corrected chi connectivity index (χ1v) is 7.65. The Morgan fingerprint density at radius 1 is 1.21 bits per heavy atom. The van der Waals surface area contributed by atoms with Crippen LogP contribution < -0.4 is 10.4 Å². The number of ether oxygens (including phenoxy) is 2. The number of fused-ring (bicyclic) bond motifs is 1. The summed E-state index contributed by atoms with van der Waals surface area (Å²) in [5.74, 6) is 0.219. The Morgan fingerprint density at radius 2 is 1.96 bits per heavy atom. The minimum atomic E-state index is -0.450. The molecule has 124 valence electrons. The highest BCUT2D eigenvalue weighted by molar-refractivity contribution is 6.30. The number of halogens is 1. The average Bonchev–Trinajstić information content (AvgIpc) is 2.91.